The molecule has 0 radical (unpaired) electrons. The lowest BCUT2D eigenvalue weighted by molar-refractivity contribution is -0.804. The van der Waals surface area contributed by atoms with Gasteiger partial charge in [-0.3, -0.25) is 4.79 Å². The van der Waals surface area contributed by atoms with Crippen molar-refractivity contribution in [2.45, 2.75) is 57.7 Å². The fraction of sp³-hybridized carbons (Fsp3) is 0.474. The smallest absolute Gasteiger partial charge is 0.293 e. The summed E-state index contributed by atoms with van der Waals surface area (Å²) in [5.74, 6) is 3.11. The first-order chi connectivity index (χ1) is 10.5. The molecule has 1 aromatic rings. The number of benzene rings is 1. The highest BCUT2D eigenvalue weighted by Crippen LogP contribution is 2.54. The number of nitrogens with zero attached hydrogens (tertiary/aromatic N) is 1. The van der Waals surface area contributed by atoms with E-state index in [0.717, 1.165) is 6.42 Å². The maximum Gasteiger partial charge on any atom is 0.374 e. The Kier molecular flexibility index (Phi) is 3.45. The molecule has 1 spiro atoms. The van der Waals surface area contributed by atoms with Crippen LogP contribution in [0.15, 0.2) is 24.3 Å². The Balaban J connectivity index is 2.02. The molecule has 0 bridgehead atoms. The van der Waals surface area contributed by atoms with Gasteiger partial charge in [0.15, 0.2) is 11.8 Å². The molecule has 2 aliphatic heterocycles. The van der Waals surface area contributed by atoms with Crippen LogP contribution in [0.5, 0.6) is 0 Å². The SMILES string of the molecule is C#CCC1C(=O)[N+]12C(C(C)=O)CC(c1ccccc1C)C2C. The van der Waals surface area contributed by atoms with Gasteiger partial charge in [0.2, 0.25) is 6.04 Å². The van der Waals surface area contributed by atoms with Gasteiger partial charge in [-0.25, -0.2) is 9.28 Å². The van der Waals surface area contributed by atoms with Crippen molar-refractivity contribution >= 4 is 11.7 Å². The fourth-order valence-corrected chi connectivity index (χ4v) is 4.60. The monoisotopic (exact) mass is 296 g/mol. The minimum absolute atomic E-state index is 0.107. The molecule has 2 heterocycles. The first kappa shape index (κ1) is 15.0. The van der Waals surface area contributed by atoms with Gasteiger partial charge < -0.3 is 0 Å². The van der Waals surface area contributed by atoms with Gasteiger partial charge in [0.05, 0.1) is 6.42 Å². The van der Waals surface area contributed by atoms with E-state index in [0.29, 0.717) is 10.9 Å². The van der Waals surface area contributed by atoms with Crippen LogP contribution in [-0.2, 0) is 9.59 Å². The Hall–Kier alpha value is -1.92. The summed E-state index contributed by atoms with van der Waals surface area (Å²) in [5.41, 5.74) is 2.49. The lowest BCUT2D eigenvalue weighted by atomic mass is 9.88. The van der Waals surface area contributed by atoms with Gasteiger partial charge in [-0.15, -0.1) is 6.42 Å². The molecule has 22 heavy (non-hydrogen) atoms. The summed E-state index contributed by atoms with van der Waals surface area (Å²) < 4.78 is 0.290. The maximum atomic E-state index is 12.5. The Morgan fingerprint density at radius 2 is 2.09 bits per heavy atom. The van der Waals surface area contributed by atoms with Gasteiger partial charge in [-0.05, 0) is 25.0 Å². The van der Waals surface area contributed by atoms with Crippen molar-refractivity contribution in [1.82, 2.24) is 0 Å². The lowest BCUT2D eigenvalue weighted by Crippen LogP contribution is -2.45. The summed E-state index contributed by atoms with van der Waals surface area (Å²) in [6.45, 7) is 5.81. The number of hydrogen-bond donors (Lipinski definition) is 0. The first-order valence-corrected chi connectivity index (χ1v) is 7.88. The number of hydrogen-bond acceptors (Lipinski definition) is 2. The Labute approximate surface area is 131 Å². The van der Waals surface area contributed by atoms with Gasteiger partial charge in [-0.2, -0.15) is 0 Å². The van der Waals surface area contributed by atoms with Crippen molar-refractivity contribution in [1.29, 1.82) is 0 Å². The van der Waals surface area contributed by atoms with Crippen LogP contribution in [-0.4, -0.2) is 34.3 Å². The minimum atomic E-state index is -0.231. The average molecular weight is 296 g/mol. The topological polar surface area (TPSA) is 34.1 Å². The highest BCUT2D eigenvalue weighted by atomic mass is 16.2. The molecule has 2 fully saturated rings. The van der Waals surface area contributed by atoms with Gasteiger partial charge in [0, 0.05) is 19.3 Å². The molecule has 114 valence electrons. The van der Waals surface area contributed by atoms with E-state index in [-0.39, 0.29) is 35.7 Å². The van der Waals surface area contributed by atoms with E-state index >= 15 is 0 Å². The third-order valence-corrected chi connectivity index (χ3v) is 5.73. The number of carbonyl (C=O) groups is 2. The van der Waals surface area contributed by atoms with E-state index in [1.54, 1.807) is 6.92 Å². The van der Waals surface area contributed by atoms with Crippen molar-refractivity contribution in [3.05, 3.63) is 35.4 Å². The summed E-state index contributed by atoms with van der Waals surface area (Å²) in [6, 6.07) is 7.98. The van der Waals surface area contributed by atoms with Crippen LogP contribution < -0.4 is 0 Å². The molecule has 0 saturated carbocycles. The second kappa shape index (κ2) is 5.07. The number of rotatable bonds is 3. The number of terminal acetylenes is 1. The molecule has 0 aromatic heterocycles. The molecular formula is C19H22NO2+. The fourth-order valence-electron chi connectivity index (χ4n) is 4.60. The van der Waals surface area contributed by atoms with Crippen LogP contribution in [0.25, 0.3) is 0 Å². The van der Waals surface area contributed by atoms with Gasteiger partial charge in [0.25, 0.3) is 0 Å². The zero-order valence-corrected chi connectivity index (χ0v) is 13.4. The first-order valence-electron chi connectivity index (χ1n) is 7.88. The van der Waals surface area contributed by atoms with Crippen molar-refractivity contribution in [2.24, 2.45) is 0 Å². The van der Waals surface area contributed by atoms with Gasteiger partial charge >= 0.3 is 5.91 Å². The van der Waals surface area contributed by atoms with E-state index < -0.39 is 0 Å². The number of quaternary nitrogens is 1. The van der Waals surface area contributed by atoms with Gasteiger partial charge in [-0.1, -0.05) is 30.2 Å². The average Bonchev–Trinajstić information content (AvgIpc) is 2.92. The predicted molar refractivity (Wildman–Crippen MR) is 85.0 cm³/mol. The number of Topliss-reactive ketones (excluding diaryl/α,β-unsaturated/α-hetero) is 1. The molecular weight excluding hydrogens is 274 g/mol. The normalized spacial score (nSPS) is 36.4. The van der Waals surface area contributed by atoms with Crippen molar-refractivity contribution in [2.75, 3.05) is 0 Å². The highest BCUT2D eigenvalue weighted by molar-refractivity contribution is 5.93. The van der Waals surface area contributed by atoms with Gasteiger partial charge in [0.1, 0.15) is 6.04 Å². The molecule has 2 aliphatic rings. The third kappa shape index (κ3) is 1.80. The zero-order chi connectivity index (χ0) is 16.1. The molecule has 3 heteroatoms. The Morgan fingerprint density at radius 1 is 1.41 bits per heavy atom. The lowest BCUT2D eigenvalue weighted by Gasteiger charge is -2.24. The second-order valence-corrected chi connectivity index (χ2v) is 6.66. The largest absolute Gasteiger partial charge is 0.374 e. The molecule has 3 nitrogen and oxygen atoms in total. The summed E-state index contributed by atoms with van der Waals surface area (Å²) >= 11 is 0. The third-order valence-electron chi connectivity index (χ3n) is 5.73. The van der Waals surface area contributed by atoms with E-state index in [9.17, 15) is 9.59 Å². The number of amides is 1. The molecule has 5 unspecified atom stereocenters. The standard InChI is InChI=1S/C19H22NO2/c1-5-8-17-19(22)20(17)13(3)16(11-18(20)14(4)21)15-10-7-6-9-12(15)2/h1,6-7,9-10,13,16-18H,8,11H2,2-4H3/q+1. The summed E-state index contributed by atoms with van der Waals surface area (Å²) in [4.78, 5) is 24.7. The highest BCUT2D eigenvalue weighted by Gasteiger charge is 2.78. The van der Waals surface area contributed by atoms with Crippen molar-refractivity contribution in [3.63, 3.8) is 0 Å². The maximum absolute atomic E-state index is 12.5. The van der Waals surface area contributed by atoms with Crippen LogP contribution >= 0.6 is 0 Å². The Morgan fingerprint density at radius 3 is 2.68 bits per heavy atom. The predicted octanol–water partition coefficient (Wildman–Crippen LogP) is 2.58. The molecule has 0 aliphatic carbocycles. The minimum Gasteiger partial charge on any atom is -0.293 e. The molecule has 1 amide bonds. The van der Waals surface area contributed by atoms with Crippen LogP contribution in [0.4, 0.5) is 0 Å². The van der Waals surface area contributed by atoms with E-state index in [1.165, 1.54) is 11.1 Å². The van der Waals surface area contributed by atoms with Crippen LogP contribution in [0, 0.1) is 19.3 Å². The molecule has 2 saturated heterocycles. The number of aryl methyl sites for hydroxylation is 1. The molecule has 5 atom stereocenters. The summed E-state index contributed by atoms with van der Waals surface area (Å²) in [7, 11) is 0. The quantitative estimate of drug-likeness (QED) is 0.488. The van der Waals surface area contributed by atoms with Crippen LogP contribution in [0.1, 0.15) is 43.7 Å². The summed E-state index contributed by atoms with van der Waals surface area (Å²) in [5, 5.41) is 0. The second-order valence-electron chi connectivity index (χ2n) is 6.66. The zero-order valence-electron chi connectivity index (χ0n) is 13.4. The number of ketones is 1. The number of carbonyl (C=O) groups excluding carboxylic acids is 2. The van der Waals surface area contributed by atoms with E-state index in [2.05, 4.69) is 31.9 Å². The summed E-state index contributed by atoms with van der Waals surface area (Å²) in [6.07, 6.45) is 6.60. The molecule has 1 aromatic carbocycles. The van der Waals surface area contributed by atoms with E-state index in [1.807, 2.05) is 12.1 Å². The Bertz CT molecular complexity index is 687. The molecule has 0 N–H and O–H groups in total. The van der Waals surface area contributed by atoms with Crippen molar-refractivity contribution < 1.29 is 14.1 Å². The molecule has 3 rings (SSSR count). The van der Waals surface area contributed by atoms with Crippen molar-refractivity contribution in [3.8, 4) is 12.3 Å². The van der Waals surface area contributed by atoms with Crippen LogP contribution in [0.2, 0.25) is 0 Å². The van der Waals surface area contributed by atoms with E-state index in [4.69, 9.17) is 6.42 Å². The van der Waals surface area contributed by atoms with Crippen LogP contribution in [0.3, 0.4) is 0 Å².